The fraction of sp³-hybridized carbons (Fsp3) is 0.571. The first-order valence-corrected chi connectivity index (χ1v) is 10.2. The van der Waals surface area contributed by atoms with Crippen molar-refractivity contribution >= 4 is 20.6 Å². The van der Waals surface area contributed by atoms with E-state index in [2.05, 4.69) is 5.32 Å². The molecule has 20 heavy (non-hydrogen) atoms. The Balaban J connectivity index is 2.67. The molecule has 1 aromatic rings. The molecule has 1 N–H and O–H groups in total. The first-order valence-electron chi connectivity index (χ1n) is 6.64. The topological polar surface area (TPSA) is 63.2 Å². The Morgan fingerprint density at radius 2 is 1.85 bits per heavy atom. The minimum Gasteiger partial charge on any atom is -0.309 e. The molecule has 0 heterocycles. The van der Waals surface area contributed by atoms with Crippen LogP contribution in [-0.2, 0) is 20.6 Å². The van der Waals surface area contributed by atoms with E-state index in [1.54, 1.807) is 0 Å². The lowest BCUT2D eigenvalue weighted by molar-refractivity contribution is 0.592. The first-order chi connectivity index (χ1) is 9.31. The fourth-order valence-corrected chi connectivity index (χ4v) is 4.64. The van der Waals surface area contributed by atoms with Gasteiger partial charge in [0.1, 0.15) is 9.84 Å². The summed E-state index contributed by atoms with van der Waals surface area (Å²) in [5.41, 5.74) is 2.27. The van der Waals surface area contributed by atoms with Gasteiger partial charge in [0.05, 0.1) is 5.75 Å². The van der Waals surface area contributed by atoms with Crippen LogP contribution in [0.15, 0.2) is 24.3 Å². The third-order valence-corrected chi connectivity index (χ3v) is 5.53. The van der Waals surface area contributed by atoms with Crippen LogP contribution in [0.1, 0.15) is 24.1 Å². The minimum absolute atomic E-state index is 0.000920. The zero-order valence-electron chi connectivity index (χ0n) is 12.3. The van der Waals surface area contributed by atoms with Crippen LogP contribution >= 0.6 is 0 Å². The van der Waals surface area contributed by atoms with Crippen LogP contribution < -0.4 is 5.32 Å². The summed E-state index contributed by atoms with van der Waals surface area (Å²) in [5, 5.41) is 3.30. The summed E-state index contributed by atoms with van der Waals surface area (Å²) in [5.74, 6) is 0.616. The summed E-state index contributed by atoms with van der Waals surface area (Å²) in [7, 11) is -4.20. The molecule has 0 bridgehead atoms. The molecule has 0 saturated heterocycles. The zero-order valence-corrected chi connectivity index (χ0v) is 13.9. The Morgan fingerprint density at radius 1 is 1.25 bits per heavy atom. The molecular weight excluding hydrogens is 294 g/mol. The van der Waals surface area contributed by atoms with Gasteiger partial charge in [-0.25, -0.2) is 8.42 Å². The molecule has 2 unspecified atom stereocenters. The third kappa shape index (κ3) is 6.63. The highest BCUT2D eigenvalue weighted by atomic mass is 32.2. The fourth-order valence-electron chi connectivity index (χ4n) is 1.83. The maximum atomic E-state index is 12.0. The van der Waals surface area contributed by atoms with Crippen LogP contribution in [0.5, 0.6) is 0 Å². The van der Waals surface area contributed by atoms with Crippen LogP contribution in [0.2, 0.25) is 0 Å². The summed E-state index contributed by atoms with van der Waals surface area (Å²) in [6.07, 6.45) is 1.17. The van der Waals surface area contributed by atoms with E-state index in [1.165, 1.54) is 11.8 Å². The van der Waals surface area contributed by atoms with E-state index in [-0.39, 0.29) is 17.5 Å². The molecule has 1 aromatic carbocycles. The van der Waals surface area contributed by atoms with Gasteiger partial charge in [-0.3, -0.25) is 4.21 Å². The molecule has 0 saturated carbocycles. The molecule has 0 radical (unpaired) electrons. The Kier molecular flexibility index (Phi) is 6.85. The van der Waals surface area contributed by atoms with Gasteiger partial charge in [0.2, 0.25) is 0 Å². The minimum atomic E-state index is -3.05. The average Bonchev–Trinajstić information content (AvgIpc) is 2.36. The lowest BCUT2D eigenvalue weighted by atomic mass is 10.1. The smallest absolute Gasteiger partial charge is 0.148 e. The van der Waals surface area contributed by atoms with Crippen LogP contribution in [0, 0.1) is 6.92 Å². The van der Waals surface area contributed by atoms with Gasteiger partial charge in [-0.2, -0.15) is 0 Å². The van der Waals surface area contributed by atoms with Crippen molar-refractivity contribution in [2.24, 2.45) is 0 Å². The molecule has 0 aliphatic carbocycles. The number of rotatable bonds is 8. The van der Waals surface area contributed by atoms with Gasteiger partial charge < -0.3 is 5.32 Å². The maximum Gasteiger partial charge on any atom is 0.148 e. The third-order valence-electron chi connectivity index (χ3n) is 2.96. The molecule has 0 aromatic heterocycles. The van der Waals surface area contributed by atoms with Crippen molar-refractivity contribution in [1.29, 1.82) is 0 Å². The molecule has 4 nitrogen and oxygen atoms in total. The normalized spacial score (nSPS) is 14.9. The van der Waals surface area contributed by atoms with Gasteiger partial charge in [0.25, 0.3) is 0 Å². The second-order valence-corrected chi connectivity index (χ2v) is 8.84. The van der Waals surface area contributed by atoms with Gasteiger partial charge >= 0.3 is 0 Å². The SMILES string of the molecule is CCNC(CS(=O)CCS(C)(=O)=O)c1ccc(C)cc1. The highest BCUT2D eigenvalue weighted by Gasteiger charge is 2.15. The zero-order chi connectivity index (χ0) is 15.2. The molecule has 2 atom stereocenters. The summed E-state index contributed by atoms with van der Waals surface area (Å²) in [6, 6.07) is 8.10. The van der Waals surface area contributed by atoms with E-state index in [9.17, 15) is 12.6 Å². The predicted octanol–water partition coefficient (Wildman–Crippen LogP) is 1.44. The summed E-state index contributed by atoms with van der Waals surface area (Å²) < 4.78 is 34.2. The summed E-state index contributed by atoms with van der Waals surface area (Å²) in [6.45, 7) is 4.80. The van der Waals surface area contributed by atoms with Crippen molar-refractivity contribution < 1.29 is 12.6 Å². The molecule has 1 rings (SSSR count). The van der Waals surface area contributed by atoms with Gasteiger partial charge in [0, 0.05) is 34.6 Å². The van der Waals surface area contributed by atoms with Gasteiger partial charge in [0.15, 0.2) is 0 Å². The molecular formula is C14H23NO3S2. The van der Waals surface area contributed by atoms with Crippen LogP contribution in [0.3, 0.4) is 0 Å². The van der Waals surface area contributed by atoms with E-state index >= 15 is 0 Å². The summed E-state index contributed by atoms with van der Waals surface area (Å²) in [4.78, 5) is 0. The Bertz CT molecular complexity index is 538. The van der Waals surface area contributed by atoms with Crippen molar-refractivity contribution in [2.45, 2.75) is 19.9 Å². The predicted molar refractivity (Wildman–Crippen MR) is 85.2 cm³/mol. The lowest BCUT2D eigenvalue weighted by Crippen LogP contribution is -2.27. The highest BCUT2D eigenvalue weighted by molar-refractivity contribution is 7.92. The monoisotopic (exact) mass is 317 g/mol. The second kappa shape index (κ2) is 7.90. The molecule has 0 amide bonds. The summed E-state index contributed by atoms with van der Waals surface area (Å²) >= 11 is 0. The molecule has 0 aliphatic heterocycles. The van der Waals surface area contributed by atoms with Crippen LogP contribution in [0.25, 0.3) is 0 Å². The van der Waals surface area contributed by atoms with Crippen molar-refractivity contribution in [3.8, 4) is 0 Å². The van der Waals surface area contributed by atoms with Gasteiger partial charge in [-0.05, 0) is 19.0 Å². The van der Waals surface area contributed by atoms with Crippen LogP contribution in [0.4, 0.5) is 0 Å². The number of nitrogens with one attached hydrogen (secondary N) is 1. The molecule has 0 aliphatic rings. The second-order valence-electron chi connectivity index (χ2n) is 4.96. The standard InChI is InChI=1S/C14H23NO3S2/c1-4-15-14(13-7-5-12(2)6-8-13)11-19(16)9-10-20(3,17)18/h5-8,14-15H,4,9-11H2,1-3H3. The largest absolute Gasteiger partial charge is 0.309 e. The molecule has 0 fully saturated rings. The number of hydrogen-bond acceptors (Lipinski definition) is 4. The Labute approximate surface area is 124 Å². The number of benzene rings is 1. The number of sulfone groups is 1. The van der Waals surface area contributed by atoms with E-state index in [0.29, 0.717) is 5.75 Å². The molecule has 0 spiro atoms. The van der Waals surface area contributed by atoms with Gasteiger partial charge in [-0.15, -0.1) is 0 Å². The molecule has 114 valence electrons. The van der Waals surface area contributed by atoms with E-state index in [1.807, 2.05) is 38.1 Å². The highest BCUT2D eigenvalue weighted by Crippen LogP contribution is 2.15. The van der Waals surface area contributed by atoms with Crippen molar-refractivity contribution in [1.82, 2.24) is 5.32 Å². The number of aryl methyl sites for hydroxylation is 1. The van der Waals surface area contributed by atoms with Crippen molar-refractivity contribution in [3.63, 3.8) is 0 Å². The average molecular weight is 317 g/mol. The Hall–Kier alpha value is -0.720. The number of hydrogen-bond donors (Lipinski definition) is 1. The van der Waals surface area contributed by atoms with E-state index in [0.717, 1.165) is 12.1 Å². The van der Waals surface area contributed by atoms with E-state index in [4.69, 9.17) is 0 Å². The first kappa shape index (κ1) is 17.3. The molecule has 6 heteroatoms. The van der Waals surface area contributed by atoms with Crippen molar-refractivity contribution in [2.75, 3.05) is 30.1 Å². The maximum absolute atomic E-state index is 12.0. The van der Waals surface area contributed by atoms with Crippen molar-refractivity contribution in [3.05, 3.63) is 35.4 Å². The van der Waals surface area contributed by atoms with Crippen LogP contribution in [-0.4, -0.2) is 42.7 Å². The van der Waals surface area contributed by atoms with Gasteiger partial charge in [-0.1, -0.05) is 36.8 Å². The Morgan fingerprint density at radius 3 is 2.35 bits per heavy atom. The quantitative estimate of drug-likeness (QED) is 0.788. The lowest BCUT2D eigenvalue weighted by Gasteiger charge is -2.18. The van der Waals surface area contributed by atoms with E-state index < -0.39 is 20.6 Å².